The zero-order valence-corrected chi connectivity index (χ0v) is 11.3. The smallest absolute Gasteiger partial charge is 0.289 e. The Hall–Kier alpha value is -2.36. The van der Waals surface area contributed by atoms with Gasteiger partial charge < -0.3 is 0 Å². The Morgan fingerprint density at radius 2 is 1.71 bits per heavy atom. The predicted molar refractivity (Wildman–Crippen MR) is 76.0 cm³/mol. The summed E-state index contributed by atoms with van der Waals surface area (Å²) in [6.45, 7) is 1.41. The lowest BCUT2D eigenvalue weighted by Crippen LogP contribution is -2.07. The molecule has 0 aliphatic heterocycles. The molecule has 0 bridgehead atoms. The lowest BCUT2D eigenvalue weighted by Gasteiger charge is -2.10. The summed E-state index contributed by atoms with van der Waals surface area (Å²) >= 11 is 0. The minimum absolute atomic E-state index is 0.161. The van der Waals surface area contributed by atoms with Crippen molar-refractivity contribution in [2.75, 3.05) is 0 Å². The van der Waals surface area contributed by atoms with Crippen molar-refractivity contribution in [2.45, 2.75) is 13.1 Å². The maximum Gasteiger partial charge on any atom is 0.416 e. The zero-order chi connectivity index (χ0) is 15.5. The fourth-order valence-corrected chi connectivity index (χ4v) is 1.92. The van der Waals surface area contributed by atoms with Gasteiger partial charge in [0.25, 0.3) is 0 Å². The Bertz CT molecular complexity index is 670. The van der Waals surface area contributed by atoms with Gasteiger partial charge in [-0.2, -0.15) is 13.2 Å². The Morgan fingerprint density at radius 3 is 2.33 bits per heavy atom. The molecule has 0 aliphatic carbocycles. The molecule has 0 fully saturated rings. The van der Waals surface area contributed by atoms with Crippen molar-refractivity contribution in [1.29, 1.82) is 0 Å². The van der Waals surface area contributed by atoms with Crippen LogP contribution in [-0.4, -0.2) is 5.78 Å². The van der Waals surface area contributed by atoms with Gasteiger partial charge in [0.2, 0.25) is 0 Å². The van der Waals surface area contributed by atoms with Gasteiger partial charge in [-0.3, -0.25) is 4.79 Å². The van der Waals surface area contributed by atoms with Crippen LogP contribution in [0.25, 0.3) is 6.08 Å². The van der Waals surface area contributed by atoms with Crippen molar-refractivity contribution in [1.82, 2.24) is 0 Å². The molecule has 2 rings (SSSR count). The molecule has 2 aromatic carbocycles. The lowest BCUT2D eigenvalue weighted by atomic mass is 10.0. The van der Waals surface area contributed by atoms with E-state index in [0.29, 0.717) is 11.1 Å². The molecule has 0 spiro atoms. The van der Waals surface area contributed by atoms with Crippen LogP contribution < -0.4 is 0 Å². The van der Waals surface area contributed by atoms with E-state index < -0.39 is 11.7 Å². The first-order valence-corrected chi connectivity index (χ1v) is 6.33. The largest absolute Gasteiger partial charge is 0.416 e. The zero-order valence-electron chi connectivity index (χ0n) is 11.3. The fraction of sp³-hybridized carbons (Fsp3) is 0.118. The van der Waals surface area contributed by atoms with Gasteiger partial charge in [-0.15, -0.1) is 0 Å². The third kappa shape index (κ3) is 3.81. The van der Waals surface area contributed by atoms with Gasteiger partial charge in [0.15, 0.2) is 5.78 Å². The van der Waals surface area contributed by atoms with Crippen LogP contribution in [0.5, 0.6) is 0 Å². The first-order valence-electron chi connectivity index (χ1n) is 6.33. The van der Waals surface area contributed by atoms with Crippen LogP contribution in [-0.2, 0) is 6.18 Å². The van der Waals surface area contributed by atoms with Crippen LogP contribution in [0.4, 0.5) is 13.2 Å². The van der Waals surface area contributed by atoms with Crippen molar-refractivity contribution in [3.05, 3.63) is 76.9 Å². The summed E-state index contributed by atoms with van der Waals surface area (Å²) < 4.78 is 38.4. The van der Waals surface area contributed by atoms with Crippen LogP contribution in [0.1, 0.15) is 27.0 Å². The summed E-state index contributed by atoms with van der Waals surface area (Å²) in [6, 6.07) is 12.6. The molecule has 0 amide bonds. The molecule has 4 heteroatoms. The molecule has 108 valence electrons. The fourth-order valence-electron chi connectivity index (χ4n) is 1.92. The quantitative estimate of drug-likeness (QED) is 0.580. The van der Waals surface area contributed by atoms with Crippen molar-refractivity contribution in [2.24, 2.45) is 0 Å². The van der Waals surface area contributed by atoms with Gasteiger partial charge in [-0.1, -0.05) is 48.5 Å². The number of alkyl halides is 3. The summed E-state index contributed by atoms with van der Waals surface area (Å²) in [4.78, 5) is 11.9. The van der Waals surface area contributed by atoms with Crippen LogP contribution in [0, 0.1) is 6.92 Å². The standard InChI is InChI=1S/C17H13F3O/c1-12-7-8-13(11-15(12)17(18,19)20)9-10-16(21)14-5-3-2-4-6-14/h2-11H,1H3/b10-9+. The van der Waals surface area contributed by atoms with Crippen molar-refractivity contribution in [3.63, 3.8) is 0 Å². The van der Waals surface area contributed by atoms with Gasteiger partial charge in [-0.25, -0.2) is 0 Å². The molecule has 0 unspecified atom stereocenters. The molecule has 0 aromatic heterocycles. The number of allylic oxidation sites excluding steroid dienone is 1. The third-order valence-corrected chi connectivity index (χ3v) is 3.05. The first kappa shape index (κ1) is 15.0. The molecule has 0 atom stereocenters. The minimum atomic E-state index is -4.39. The highest BCUT2D eigenvalue weighted by molar-refractivity contribution is 6.06. The Balaban J connectivity index is 2.24. The van der Waals surface area contributed by atoms with Gasteiger partial charge in [0.1, 0.15) is 0 Å². The van der Waals surface area contributed by atoms with Gasteiger partial charge >= 0.3 is 6.18 Å². The van der Waals surface area contributed by atoms with E-state index in [4.69, 9.17) is 0 Å². The second-order valence-corrected chi connectivity index (χ2v) is 4.64. The SMILES string of the molecule is Cc1ccc(/C=C/C(=O)c2ccccc2)cc1C(F)(F)F. The molecule has 0 saturated heterocycles. The van der Waals surface area contributed by atoms with Crippen LogP contribution in [0.15, 0.2) is 54.6 Å². The van der Waals surface area contributed by atoms with Crippen LogP contribution >= 0.6 is 0 Å². The van der Waals surface area contributed by atoms with Gasteiger partial charge in [-0.05, 0) is 30.2 Å². The van der Waals surface area contributed by atoms with E-state index in [9.17, 15) is 18.0 Å². The molecule has 0 saturated carbocycles. The number of hydrogen-bond acceptors (Lipinski definition) is 1. The average Bonchev–Trinajstić information content (AvgIpc) is 2.45. The molecular weight excluding hydrogens is 277 g/mol. The van der Waals surface area contributed by atoms with E-state index in [2.05, 4.69) is 0 Å². The number of carbonyl (C=O) groups excluding carboxylic acids is 1. The van der Waals surface area contributed by atoms with Crippen molar-refractivity contribution < 1.29 is 18.0 Å². The highest BCUT2D eigenvalue weighted by Gasteiger charge is 2.32. The molecular formula is C17H13F3O. The number of carbonyl (C=O) groups is 1. The summed E-state index contributed by atoms with van der Waals surface area (Å²) in [7, 11) is 0. The number of hydrogen-bond donors (Lipinski definition) is 0. The molecule has 21 heavy (non-hydrogen) atoms. The van der Waals surface area contributed by atoms with Crippen molar-refractivity contribution in [3.8, 4) is 0 Å². The normalized spacial score (nSPS) is 11.8. The first-order chi connectivity index (χ1) is 9.88. The van der Waals surface area contributed by atoms with E-state index in [1.165, 1.54) is 25.1 Å². The highest BCUT2D eigenvalue weighted by Crippen LogP contribution is 2.32. The molecule has 0 radical (unpaired) electrons. The number of halogens is 3. The van der Waals surface area contributed by atoms with E-state index in [1.807, 2.05) is 0 Å². The molecule has 0 N–H and O–H groups in total. The second kappa shape index (κ2) is 5.95. The molecule has 2 aromatic rings. The summed E-state index contributed by atoms with van der Waals surface area (Å²) in [5, 5.41) is 0. The average molecular weight is 290 g/mol. The molecule has 0 heterocycles. The summed E-state index contributed by atoms with van der Waals surface area (Å²) in [5.74, 6) is -0.246. The molecule has 0 aliphatic rings. The lowest BCUT2D eigenvalue weighted by molar-refractivity contribution is -0.138. The maximum atomic E-state index is 12.8. The van der Waals surface area contributed by atoms with E-state index >= 15 is 0 Å². The minimum Gasteiger partial charge on any atom is -0.289 e. The van der Waals surface area contributed by atoms with Crippen LogP contribution in [0.2, 0.25) is 0 Å². The Labute approximate surface area is 120 Å². The maximum absolute atomic E-state index is 12.8. The summed E-state index contributed by atoms with van der Waals surface area (Å²) in [5.41, 5.74) is 0.319. The number of ketones is 1. The topological polar surface area (TPSA) is 17.1 Å². The third-order valence-electron chi connectivity index (χ3n) is 3.05. The number of benzene rings is 2. The van der Waals surface area contributed by atoms with E-state index in [-0.39, 0.29) is 11.3 Å². The Morgan fingerprint density at radius 1 is 1.05 bits per heavy atom. The predicted octanol–water partition coefficient (Wildman–Crippen LogP) is 4.91. The number of aryl methyl sites for hydroxylation is 1. The molecule has 1 nitrogen and oxygen atoms in total. The van der Waals surface area contributed by atoms with Gasteiger partial charge in [0.05, 0.1) is 5.56 Å². The van der Waals surface area contributed by atoms with E-state index in [0.717, 1.165) is 6.07 Å². The van der Waals surface area contributed by atoms with Crippen LogP contribution in [0.3, 0.4) is 0 Å². The van der Waals surface area contributed by atoms with Gasteiger partial charge in [0, 0.05) is 5.56 Å². The summed E-state index contributed by atoms with van der Waals surface area (Å²) in [6.07, 6.45) is -1.72. The van der Waals surface area contributed by atoms with Crippen molar-refractivity contribution >= 4 is 11.9 Å². The number of rotatable bonds is 3. The van der Waals surface area contributed by atoms with E-state index in [1.54, 1.807) is 36.4 Å². The Kier molecular flexibility index (Phi) is 4.26. The monoisotopic (exact) mass is 290 g/mol. The second-order valence-electron chi connectivity index (χ2n) is 4.64. The highest BCUT2D eigenvalue weighted by atomic mass is 19.4.